The molecule has 0 fully saturated rings. The van der Waals surface area contributed by atoms with E-state index in [0.717, 1.165) is 16.6 Å². The molecular weight excluding hydrogens is 185 g/mol. The Morgan fingerprint density at radius 3 is 2.27 bits per heavy atom. The van der Waals surface area contributed by atoms with Crippen molar-refractivity contribution in [3.63, 3.8) is 0 Å². The predicted molar refractivity (Wildman–Crippen MR) is 64.5 cm³/mol. The highest BCUT2D eigenvalue weighted by atomic mass is 16.2. The number of nitrogens with zero attached hydrogens (tertiary/aromatic N) is 1. The molecule has 0 saturated carbocycles. The number of benzene rings is 2. The third-order valence-corrected chi connectivity index (χ3v) is 2.34. The summed E-state index contributed by atoms with van der Waals surface area (Å²) >= 11 is 0. The van der Waals surface area contributed by atoms with Crippen molar-refractivity contribution < 1.29 is 0 Å². The highest BCUT2D eigenvalue weighted by Gasteiger charge is 2.04. The van der Waals surface area contributed by atoms with Gasteiger partial charge >= 0.3 is 7.41 Å². The fourth-order valence-electron chi connectivity index (χ4n) is 1.63. The zero-order valence-electron chi connectivity index (χ0n) is 8.26. The van der Waals surface area contributed by atoms with Crippen LogP contribution in [0.15, 0.2) is 59.7 Å². The van der Waals surface area contributed by atoms with Crippen LogP contribution in [-0.4, -0.2) is 7.41 Å². The van der Waals surface area contributed by atoms with Gasteiger partial charge in [-0.05, 0) is 16.6 Å². The number of hydrogen-bond donors (Lipinski definition) is 0. The minimum Gasteiger partial charge on any atom is -0.168 e. The Labute approximate surface area is 89.2 Å². The lowest BCUT2D eigenvalue weighted by atomic mass is 9.79. The van der Waals surface area contributed by atoms with Gasteiger partial charge in [-0.1, -0.05) is 54.6 Å². The summed E-state index contributed by atoms with van der Waals surface area (Å²) in [6.07, 6.45) is 0. The lowest BCUT2D eigenvalue weighted by Gasteiger charge is -2.05. The molecule has 3 heteroatoms. The topological polar surface area (TPSA) is 29.4 Å². The highest BCUT2D eigenvalue weighted by Crippen LogP contribution is 2.15. The summed E-state index contributed by atoms with van der Waals surface area (Å²) in [5, 5.41) is 2.94. The molecule has 0 N–H and O–H groups in total. The van der Waals surface area contributed by atoms with Gasteiger partial charge in [0.1, 0.15) is 0 Å². The van der Waals surface area contributed by atoms with E-state index in [1.54, 1.807) is 0 Å². The molecule has 0 saturated heterocycles. The van der Waals surface area contributed by atoms with E-state index in [1.165, 1.54) is 0 Å². The van der Waals surface area contributed by atoms with Crippen LogP contribution in [0.4, 0.5) is 0 Å². The van der Waals surface area contributed by atoms with Gasteiger partial charge in [0.05, 0.1) is 0 Å². The molecule has 0 aliphatic heterocycles. The van der Waals surface area contributed by atoms with E-state index in [2.05, 4.69) is 5.09 Å². The van der Waals surface area contributed by atoms with Crippen molar-refractivity contribution in [2.75, 3.05) is 0 Å². The molecule has 0 amide bonds. The van der Waals surface area contributed by atoms with Crippen molar-refractivity contribution in [2.24, 2.45) is 5.09 Å². The maximum absolute atomic E-state index is 10.3. The van der Waals surface area contributed by atoms with Crippen molar-refractivity contribution in [3.8, 4) is 11.1 Å². The lowest BCUT2D eigenvalue weighted by molar-refractivity contribution is 1.64. The van der Waals surface area contributed by atoms with E-state index in [4.69, 9.17) is 0 Å². The minimum absolute atomic E-state index is 0.227. The smallest absolute Gasteiger partial charge is 0.168 e. The summed E-state index contributed by atoms with van der Waals surface area (Å²) in [5.41, 5.74) is 3.17. The lowest BCUT2D eigenvalue weighted by Crippen LogP contribution is -2.14. The van der Waals surface area contributed by atoms with Crippen LogP contribution in [0, 0.1) is 4.91 Å². The highest BCUT2D eigenvalue weighted by molar-refractivity contribution is 6.53. The van der Waals surface area contributed by atoms with Crippen LogP contribution >= 0.6 is 0 Å². The Balaban J connectivity index is 2.48. The largest absolute Gasteiger partial charge is 0.353 e. The van der Waals surface area contributed by atoms with Crippen LogP contribution in [0.3, 0.4) is 0 Å². The summed E-state index contributed by atoms with van der Waals surface area (Å²) < 4.78 is 0. The second kappa shape index (κ2) is 4.55. The van der Waals surface area contributed by atoms with Crippen LogP contribution in [0.2, 0.25) is 0 Å². The van der Waals surface area contributed by atoms with E-state index < -0.39 is 0 Å². The zero-order chi connectivity index (χ0) is 10.5. The maximum atomic E-state index is 10.3. The molecule has 0 unspecified atom stereocenters. The maximum Gasteiger partial charge on any atom is 0.353 e. The van der Waals surface area contributed by atoms with E-state index in [9.17, 15) is 4.91 Å². The summed E-state index contributed by atoms with van der Waals surface area (Å²) in [6, 6.07) is 17.8. The first kappa shape index (κ1) is 9.65. The predicted octanol–water partition coefficient (Wildman–Crippen LogP) is 2.10. The average molecular weight is 195 g/mol. The molecule has 0 aliphatic carbocycles. The number of rotatable bonds is 3. The van der Waals surface area contributed by atoms with Crippen LogP contribution in [0.1, 0.15) is 0 Å². The van der Waals surface area contributed by atoms with E-state index in [0.29, 0.717) is 0 Å². The molecule has 0 radical (unpaired) electrons. The van der Waals surface area contributed by atoms with Crippen LogP contribution < -0.4 is 5.46 Å². The molecule has 0 aliphatic rings. The van der Waals surface area contributed by atoms with E-state index in [1.807, 2.05) is 54.6 Å². The third-order valence-electron chi connectivity index (χ3n) is 2.34. The van der Waals surface area contributed by atoms with Crippen LogP contribution in [0.5, 0.6) is 0 Å². The van der Waals surface area contributed by atoms with Crippen molar-refractivity contribution in [1.82, 2.24) is 0 Å². The normalized spacial score (nSPS) is 9.60. The first-order valence-electron chi connectivity index (χ1n) is 4.84. The summed E-state index contributed by atoms with van der Waals surface area (Å²) in [4.78, 5) is 10.3. The molecule has 0 bridgehead atoms. The molecule has 0 spiro atoms. The van der Waals surface area contributed by atoms with Gasteiger partial charge in [-0.15, -0.1) is 5.09 Å². The van der Waals surface area contributed by atoms with Gasteiger partial charge in [0.15, 0.2) is 0 Å². The summed E-state index contributed by atoms with van der Waals surface area (Å²) in [5.74, 6) is 0. The summed E-state index contributed by atoms with van der Waals surface area (Å²) in [6.45, 7) is 0. The van der Waals surface area contributed by atoms with Crippen LogP contribution in [-0.2, 0) is 0 Å². The Kier molecular flexibility index (Phi) is 2.93. The molecule has 0 heterocycles. The molecular formula is C12H10BNO. The Morgan fingerprint density at radius 1 is 0.867 bits per heavy atom. The van der Waals surface area contributed by atoms with Gasteiger partial charge in [-0.25, -0.2) is 0 Å². The van der Waals surface area contributed by atoms with Crippen LogP contribution in [0.25, 0.3) is 11.1 Å². The Morgan fingerprint density at radius 2 is 1.53 bits per heavy atom. The number of hydrogen-bond acceptors (Lipinski definition) is 2. The fourth-order valence-corrected chi connectivity index (χ4v) is 1.63. The molecule has 2 nitrogen and oxygen atoms in total. The third kappa shape index (κ3) is 2.13. The van der Waals surface area contributed by atoms with E-state index in [-0.39, 0.29) is 7.41 Å². The minimum atomic E-state index is 0.227. The quantitative estimate of drug-likeness (QED) is 0.544. The van der Waals surface area contributed by atoms with Gasteiger partial charge in [-0.3, -0.25) is 0 Å². The van der Waals surface area contributed by atoms with Crippen molar-refractivity contribution in [3.05, 3.63) is 59.5 Å². The second-order valence-corrected chi connectivity index (χ2v) is 3.31. The van der Waals surface area contributed by atoms with Crippen molar-refractivity contribution >= 4 is 12.9 Å². The molecule has 15 heavy (non-hydrogen) atoms. The SMILES string of the molecule is O=NBc1ccccc1-c1ccccc1. The number of nitroso groups, excluding NO2 is 1. The molecule has 2 aromatic rings. The van der Waals surface area contributed by atoms with Gasteiger partial charge in [-0.2, -0.15) is 4.91 Å². The standard InChI is InChI=1S/C12H10BNO/c15-14-13-12-9-5-4-8-11(12)10-6-2-1-3-7-10/h1-9,13H. The molecule has 72 valence electrons. The molecule has 0 atom stereocenters. The fraction of sp³-hybridized carbons (Fsp3) is 0. The zero-order valence-corrected chi connectivity index (χ0v) is 8.26. The van der Waals surface area contributed by atoms with Gasteiger partial charge < -0.3 is 0 Å². The van der Waals surface area contributed by atoms with Gasteiger partial charge in [0.2, 0.25) is 0 Å². The van der Waals surface area contributed by atoms with Crippen molar-refractivity contribution in [1.29, 1.82) is 0 Å². The Bertz CT molecular complexity index is 456. The first-order valence-corrected chi connectivity index (χ1v) is 4.84. The summed E-state index contributed by atoms with van der Waals surface area (Å²) in [7, 11) is 0.227. The first-order chi connectivity index (χ1) is 7.42. The van der Waals surface area contributed by atoms with E-state index >= 15 is 0 Å². The molecule has 2 rings (SSSR count). The molecule has 2 aromatic carbocycles. The second-order valence-electron chi connectivity index (χ2n) is 3.31. The molecule has 0 aromatic heterocycles. The monoisotopic (exact) mass is 195 g/mol. The van der Waals surface area contributed by atoms with Gasteiger partial charge in [0, 0.05) is 0 Å². The van der Waals surface area contributed by atoms with Gasteiger partial charge in [0.25, 0.3) is 0 Å². The Hall–Kier alpha value is -1.90. The average Bonchev–Trinajstić information content (AvgIpc) is 2.31. The van der Waals surface area contributed by atoms with Crippen molar-refractivity contribution in [2.45, 2.75) is 0 Å².